The van der Waals surface area contributed by atoms with Crippen LogP contribution in [0, 0.1) is 5.82 Å². The Bertz CT molecular complexity index is 1160. The molecule has 1 fully saturated rings. The van der Waals surface area contributed by atoms with Gasteiger partial charge in [-0.2, -0.15) is 0 Å². The second kappa shape index (κ2) is 6.44. The quantitative estimate of drug-likeness (QED) is 0.529. The number of hydrogen-bond donors (Lipinski definition) is 0. The largest absolute Gasteiger partial charge is 0.378 e. The molecular formula is C19H15ClFN5O. The van der Waals surface area contributed by atoms with Crippen molar-refractivity contribution in [1.82, 2.24) is 19.6 Å². The van der Waals surface area contributed by atoms with Crippen LogP contribution in [0.5, 0.6) is 0 Å². The van der Waals surface area contributed by atoms with E-state index in [0.29, 0.717) is 54.3 Å². The Kier molecular flexibility index (Phi) is 3.91. The molecule has 27 heavy (non-hydrogen) atoms. The number of ether oxygens (including phenoxy) is 1. The number of fused-ring (bicyclic) bond motifs is 3. The molecule has 0 amide bonds. The van der Waals surface area contributed by atoms with Crippen LogP contribution in [0.15, 0.2) is 42.5 Å². The summed E-state index contributed by atoms with van der Waals surface area (Å²) < 4.78 is 21.8. The lowest BCUT2D eigenvalue weighted by atomic mass is 10.2. The number of halogens is 2. The third kappa shape index (κ3) is 2.70. The molecule has 6 nitrogen and oxygen atoms in total. The Morgan fingerprint density at radius 3 is 2.67 bits per heavy atom. The van der Waals surface area contributed by atoms with Gasteiger partial charge in [0.05, 0.1) is 24.3 Å². The summed E-state index contributed by atoms with van der Waals surface area (Å²) in [5, 5.41) is 10.1. The van der Waals surface area contributed by atoms with E-state index in [0.717, 1.165) is 10.9 Å². The first-order valence-corrected chi connectivity index (χ1v) is 9.02. The van der Waals surface area contributed by atoms with Gasteiger partial charge in [-0.1, -0.05) is 23.7 Å². The highest BCUT2D eigenvalue weighted by atomic mass is 35.5. The molecule has 4 aromatic rings. The molecule has 0 spiro atoms. The van der Waals surface area contributed by atoms with Crippen molar-refractivity contribution < 1.29 is 9.13 Å². The minimum atomic E-state index is -0.351. The van der Waals surface area contributed by atoms with Crippen LogP contribution in [0.25, 0.3) is 27.9 Å². The predicted octanol–water partition coefficient (Wildman–Crippen LogP) is 3.57. The molecule has 8 heteroatoms. The van der Waals surface area contributed by atoms with E-state index >= 15 is 0 Å². The normalized spacial score (nSPS) is 15.0. The van der Waals surface area contributed by atoms with Crippen LogP contribution in [0.2, 0.25) is 5.02 Å². The second-order valence-electron chi connectivity index (χ2n) is 6.34. The second-order valence-corrected chi connectivity index (χ2v) is 6.77. The Morgan fingerprint density at radius 2 is 1.85 bits per heavy atom. The maximum Gasteiger partial charge on any atom is 0.213 e. The molecule has 0 bridgehead atoms. The van der Waals surface area contributed by atoms with E-state index < -0.39 is 0 Å². The summed E-state index contributed by atoms with van der Waals surface area (Å²) in [7, 11) is 0. The number of morpholine rings is 1. The summed E-state index contributed by atoms with van der Waals surface area (Å²) in [6.07, 6.45) is 0. The molecule has 0 N–H and O–H groups in total. The topological polar surface area (TPSA) is 55.5 Å². The monoisotopic (exact) mass is 383 g/mol. The Morgan fingerprint density at radius 1 is 1.04 bits per heavy atom. The van der Waals surface area contributed by atoms with Gasteiger partial charge in [-0.05, 0) is 30.3 Å². The van der Waals surface area contributed by atoms with Gasteiger partial charge in [-0.25, -0.2) is 13.8 Å². The highest BCUT2D eigenvalue weighted by Crippen LogP contribution is 2.30. The number of nitrogens with zero attached hydrogens (tertiary/aromatic N) is 5. The molecular weight excluding hydrogens is 369 g/mol. The average molecular weight is 384 g/mol. The fourth-order valence-electron chi connectivity index (χ4n) is 3.38. The SMILES string of the molecule is Fc1ccccc1-c1nnc2c3ccc(Cl)cc3nc(N3CCOCC3)n12. The van der Waals surface area contributed by atoms with Crippen LogP contribution in [0.4, 0.5) is 10.3 Å². The lowest BCUT2D eigenvalue weighted by Gasteiger charge is -2.28. The van der Waals surface area contributed by atoms with Gasteiger partial charge in [0.1, 0.15) is 5.82 Å². The summed E-state index contributed by atoms with van der Waals surface area (Å²) in [5.74, 6) is 0.733. The van der Waals surface area contributed by atoms with Crippen LogP contribution in [-0.2, 0) is 4.74 Å². The van der Waals surface area contributed by atoms with E-state index in [-0.39, 0.29) is 5.82 Å². The standard InChI is InChI=1S/C19H15ClFN5O/c20-12-5-6-14-16(11-12)22-19(25-7-9-27-10-8-25)26-17(23-24-18(14)26)13-3-1-2-4-15(13)21/h1-6,11H,7-10H2. The molecule has 1 saturated heterocycles. The van der Waals surface area contributed by atoms with Gasteiger partial charge in [0.15, 0.2) is 11.5 Å². The molecule has 2 aromatic carbocycles. The van der Waals surface area contributed by atoms with Crippen LogP contribution in [0.3, 0.4) is 0 Å². The van der Waals surface area contributed by atoms with Crippen LogP contribution >= 0.6 is 11.6 Å². The van der Waals surface area contributed by atoms with Gasteiger partial charge in [0.2, 0.25) is 5.95 Å². The highest BCUT2D eigenvalue weighted by molar-refractivity contribution is 6.31. The summed E-state index contributed by atoms with van der Waals surface area (Å²) in [6.45, 7) is 2.58. The zero-order valence-electron chi connectivity index (χ0n) is 14.3. The number of hydrogen-bond acceptors (Lipinski definition) is 5. The van der Waals surface area contributed by atoms with Gasteiger partial charge in [0.25, 0.3) is 0 Å². The van der Waals surface area contributed by atoms with Gasteiger partial charge in [0, 0.05) is 23.5 Å². The van der Waals surface area contributed by atoms with E-state index in [1.165, 1.54) is 6.07 Å². The van der Waals surface area contributed by atoms with Crippen molar-refractivity contribution in [3.05, 3.63) is 53.3 Å². The zero-order valence-corrected chi connectivity index (χ0v) is 15.0. The van der Waals surface area contributed by atoms with Crippen molar-refractivity contribution in [3.63, 3.8) is 0 Å². The maximum atomic E-state index is 14.5. The summed E-state index contributed by atoms with van der Waals surface area (Å²) in [5.41, 5.74) is 1.73. The lowest BCUT2D eigenvalue weighted by Crippen LogP contribution is -2.38. The fraction of sp³-hybridized carbons (Fsp3) is 0.211. The van der Waals surface area contributed by atoms with E-state index in [2.05, 4.69) is 15.1 Å². The molecule has 1 aliphatic heterocycles. The molecule has 0 unspecified atom stereocenters. The third-order valence-electron chi connectivity index (χ3n) is 4.69. The Hall–Kier alpha value is -2.77. The van der Waals surface area contributed by atoms with E-state index in [1.54, 1.807) is 30.3 Å². The van der Waals surface area contributed by atoms with Crippen LogP contribution < -0.4 is 4.90 Å². The highest BCUT2D eigenvalue weighted by Gasteiger charge is 2.23. The Balaban J connectivity index is 1.85. The molecule has 3 heterocycles. The summed E-state index contributed by atoms with van der Waals surface area (Å²) in [6, 6.07) is 12.0. The van der Waals surface area contributed by atoms with Crippen LogP contribution in [-0.4, -0.2) is 45.9 Å². The molecule has 1 aliphatic rings. The number of aromatic nitrogens is 4. The van der Waals surface area contributed by atoms with Gasteiger partial charge in [-0.3, -0.25) is 0 Å². The van der Waals surface area contributed by atoms with Gasteiger partial charge >= 0.3 is 0 Å². The van der Waals surface area contributed by atoms with Crippen LogP contribution in [0.1, 0.15) is 0 Å². The first-order valence-electron chi connectivity index (χ1n) is 8.64. The van der Waals surface area contributed by atoms with E-state index in [1.807, 2.05) is 10.5 Å². The summed E-state index contributed by atoms with van der Waals surface area (Å²) in [4.78, 5) is 6.92. The number of rotatable bonds is 2. The van der Waals surface area contributed by atoms with Gasteiger partial charge in [-0.15, -0.1) is 10.2 Å². The minimum Gasteiger partial charge on any atom is -0.378 e. The molecule has 136 valence electrons. The number of benzene rings is 2. The molecule has 0 saturated carbocycles. The zero-order chi connectivity index (χ0) is 18.4. The van der Waals surface area contributed by atoms with Gasteiger partial charge < -0.3 is 9.64 Å². The Labute approximate surface area is 159 Å². The van der Waals surface area contributed by atoms with Crippen molar-refractivity contribution in [3.8, 4) is 11.4 Å². The van der Waals surface area contributed by atoms with Crippen molar-refractivity contribution in [2.45, 2.75) is 0 Å². The smallest absolute Gasteiger partial charge is 0.213 e. The average Bonchev–Trinajstić information content (AvgIpc) is 3.13. The van der Waals surface area contributed by atoms with Crippen molar-refractivity contribution in [1.29, 1.82) is 0 Å². The minimum absolute atomic E-state index is 0.351. The van der Waals surface area contributed by atoms with E-state index in [9.17, 15) is 4.39 Å². The maximum absolute atomic E-state index is 14.5. The van der Waals surface area contributed by atoms with Crippen molar-refractivity contribution >= 4 is 34.1 Å². The molecule has 0 radical (unpaired) electrons. The number of anilines is 1. The van der Waals surface area contributed by atoms with E-state index in [4.69, 9.17) is 21.3 Å². The molecule has 2 aromatic heterocycles. The third-order valence-corrected chi connectivity index (χ3v) is 4.93. The predicted molar refractivity (Wildman–Crippen MR) is 102 cm³/mol. The lowest BCUT2D eigenvalue weighted by molar-refractivity contribution is 0.122. The first kappa shape index (κ1) is 16.4. The van der Waals surface area contributed by atoms with Crippen molar-refractivity contribution in [2.24, 2.45) is 0 Å². The molecule has 0 aliphatic carbocycles. The first-order chi connectivity index (χ1) is 13.2. The summed E-state index contributed by atoms with van der Waals surface area (Å²) >= 11 is 6.16. The molecule has 5 rings (SSSR count). The molecule has 0 atom stereocenters. The van der Waals surface area contributed by atoms with Crippen molar-refractivity contribution in [2.75, 3.05) is 31.2 Å². The fourth-order valence-corrected chi connectivity index (χ4v) is 3.55.